The summed E-state index contributed by atoms with van der Waals surface area (Å²) in [7, 11) is 0. The summed E-state index contributed by atoms with van der Waals surface area (Å²) in [6.45, 7) is 0. The Hall–Kier alpha value is -3.49. The van der Waals surface area contributed by atoms with E-state index < -0.39 is 28.5 Å². The Morgan fingerprint density at radius 2 is 1.08 bits per heavy atom. The Labute approximate surface area is 135 Å². The van der Waals surface area contributed by atoms with Crippen molar-refractivity contribution in [3.05, 3.63) is 92.0 Å². The summed E-state index contributed by atoms with van der Waals surface area (Å²) in [6, 6.07) is 15.0. The van der Waals surface area contributed by atoms with Crippen LogP contribution in [0.2, 0.25) is 0 Å². The first-order valence-corrected chi connectivity index (χ1v) is 6.73. The molecular weight excluding hydrogens is 320 g/mol. The van der Waals surface area contributed by atoms with E-state index in [1.54, 1.807) is 12.1 Å². The van der Waals surface area contributed by atoms with Crippen molar-refractivity contribution in [2.24, 2.45) is 0 Å². The lowest BCUT2D eigenvalue weighted by Crippen LogP contribution is -2.23. The molecule has 0 aliphatic rings. The van der Waals surface area contributed by atoms with Crippen LogP contribution in [0.5, 0.6) is 0 Å². The van der Waals surface area contributed by atoms with Gasteiger partial charge in [-0.05, 0) is 24.3 Å². The highest BCUT2D eigenvalue weighted by molar-refractivity contribution is 5.60. The van der Waals surface area contributed by atoms with Crippen LogP contribution < -0.4 is 0 Å². The van der Waals surface area contributed by atoms with Crippen LogP contribution in [0, 0.1) is 20.2 Å². The highest BCUT2D eigenvalue weighted by Gasteiger charge is 2.33. The lowest BCUT2D eigenvalue weighted by Gasteiger charge is -2.13. The molecule has 0 N–H and O–H groups in total. The third kappa shape index (κ3) is 4.26. The number of ether oxygens (including phenoxy) is 2. The smallest absolute Gasteiger partial charge is 0.361 e. The molecule has 0 aliphatic carbocycles. The molecular formula is C15H12N2O7. The molecule has 0 saturated heterocycles. The van der Waals surface area contributed by atoms with Crippen molar-refractivity contribution in [1.29, 1.82) is 0 Å². The predicted octanol–water partition coefficient (Wildman–Crippen LogP) is 3.09. The first-order chi connectivity index (χ1) is 11.5. The predicted molar refractivity (Wildman–Crippen MR) is 79.9 cm³/mol. The fraction of sp³-hybridized carbons (Fsp3) is 0.133. The Balaban J connectivity index is 2.12. The zero-order valence-corrected chi connectivity index (χ0v) is 12.2. The summed E-state index contributed by atoms with van der Waals surface area (Å²) in [6.07, 6.45) is -5.14. The second-order valence-electron chi connectivity index (χ2n) is 4.58. The minimum absolute atomic E-state index is 0.108. The quantitative estimate of drug-likeness (QED) is 0.345. The van der Waals surface area contributed by atoms with E-state index in [9.17, 15) is 25.0 Å². The van der Waals surface area contributed by atoms with Gasteiger partial charge in [-0.1, -0.05) is 36.4 Å². The van der Waals surface area contributed by atoms with Crippen LogP contribution >= 0.6 is 0 Å². The summed E-state index contributed by atoms with van der Waals surface area (Å²) >= 11 is 0. The van der Waals surface area contributed by atoms with Gasteiger partial charge in [0.25, 0.3) is 0 Å². The molecule has 2 unspecified atom stereocenters. The van der Waals surface area contributed by atoms with Gasteiger partial charge in [-0.15, -0.1) is 0 Å². The van der Waals surface area contributed by atoms with Crippen LogP contribution in [-0.4, -0.2) is 16.0 Å². The lowest BCUT2D eigenvalue weighted by atomic mass is 10.2. The molecule has 0 amide bonds. The second-order valence-corrected chi connectivity index (χ2v) is 4.58. The third-order valence-corrected chi connectivity index (χ3v) is 2.97. The molecule has 24 heavy (non-hydrogen) atoms. The Morgan fingerprint density at radius 3 is 1.38 bits per heavy atom. The molecule has 0 aromatic heterocycles. The zero-order chi connectivity index (χ0) is 17.5. The first kappa shape index (κ1) is 16.9. The fourth-order valence-corrected chi connectivity index (χ4v) is 1.91. The maximum atomic E-state index is 11.8. The van der Waals surface area contributed by atoms with Crippen molar-refractivity contribution in [2.45, 2.75) is 12.5 Å². The van der Waals surface area contributed by atoms with Crippen LogP contribution in [0.4, 0.5) is 4.79 Å². The van der Waals surface area contributed by atoms with E-state index in [4.69, 9.17) is 0 Å². The van der Waals surface area contributed by atoms with E-state index in [1.165, 1.54) is 48.5 Å². The number of rotatable bonds is 6. The molecule has 9 nitrogen and oxygen atoms in total. The molecule has 0 saturated carbocycles. The minimum atomic E-state index is -1.82. The highest BCUT2D eigenvalue weighted by Crippen LogP contribution is 2.22. The van der Waals surface area contributed by atoms with Gasteiger partial charge >= 0.3 is 18.6 Å². The van der Waals surface area contributed by atoms with Gasteiger partial charge < -0.3 is 9.47 Å². The maximum absolute atomic E-state index is 11.8. The molecule has 0 aliphatic heterocycles. The second kappa shape index (κ2) is 7.68. The van der Waals surface area contributed by atoms with E-state index in [1.807, 2.05) is 0 Å². The summed E-state index contributed by atoms with van der Waals surface area (Å²) in [5.41, 5.74) is 0.216. The van der Waals surface area contributed by atoms with E-state index >= 15 is 0 Å². The van der Waals surface area contributed by atoms with Gasteiger partial charge in [0.1, 0.15) is 0 Å². The fourth-order valence-electron chi connectivity index (χ4n) is 1.91. The average Bonchev–Trinajstić information content (AvgIpc) is 2.58. The van der Waals surface area contributed by atoms with Gasteiger partial charge in [-0.3, -0.25) is 20.2 Å². The normalized spacial score (nSPS) is 12.7. The molecule has 2 aromatic carbocycles. The molecule has 9 heteroatoms. The van der Waals surface area contributed by atoms with Gasteiger partial charge in [-0.25, -0.2) is 4.79 Å². The van der Waals surface area contributed by atoms with E-state index in [-0.39, 0.29) is 11.1 Å². The molecule has 2 aromatic rings. The van der Waals surface area contributed by atoms with Gasteiger partial charge in [0, 0.05) is 0 Å². The van der Waals surface area contributed by atoms with Crippen molar-refractivity contribution in [3.8, 4) is 0 Å². The average molecular weight is 332 g/mol. The standard InChI is InChI=1S/C15H12N2O7/c18-15(23-13(16(19)20)11-7-3-1-4-8-11)24-14(17(21)22)12-9-5-2-6-10-12/h1-10,13-14H. The van der Waals surface area contributed by atoms with Gasteiger partial charge in [-0.2, -0.15) is 0 Å². The van der Waals surface area contributed by atoms with Crippen LogP contribution in [0.3, 0.4) is 0 Å². The van der Waals surface area contributed by atoms with Crippen LogP contribution in [0.15, 0.2) is 60.7 Å². The highest BCUT2D eigenvalue weighted by atomic mass is 16.8. The van der Waals surface area contributed by atoms with Gasteiger partial charge in [0.05, 0.1) is 21.0 Å². The number of hydrogen-bond donors (Lipinski definition) is 0. The third-order valence-electron chi connectivity index (χ3n) is 2.97. The van der Waals surface area contributed by atoms with Gasteiger partial charge in [0.15, 0.2) is 0 Å². The van der Waals surface area contributed by atoms with Crippen LogP contribution in [0.1, 0.15) is 23.6 Å². The molecule has 2 atom stereocenters. The van der Waals surface area contributed by atoms with E-state index in [2.05, 4.69) is 9.47 Å². The largest absolute Gasteiger partial charge is 0.519 e. The van der Waals surface area contributed by atoms with Crippen molar-refractivity contribution < 1.29 is 24.1 Å². The van der Waals surface area contributed by atoms with Crippen molar-refractivity contribution in [1.82, 2.24) is 0 Å². The molecule has 0 bridgehead atoms. The van der Waals surface area contributed by atoms with Gasteiger partial charge in [0.2, 0.25) is 0 Å². The maximum Gasteiger partial charge on any atom is 0.519 e. The lowest BCUT2D eigenvalue weighted by molar-refractivity contribution is -0.589. The molecule has 124 valence electrons. The Morgan fingerprint density at radius 1 is 0.750 bits per heavy atom. The van der Waals surface area contributed by atoms with E-state index in [0.29, 0.717) is 0 Å². The summed E-state index contributed by atoms with van der Waals surface area (Å²) < 4.78 is 9.27. The summed E-state index contributed by atoms with van der Waals surface area (Å²) in [5.74, 6) is 0. The zero-order valence-electron chi connectivity index (χ0n) is 12.2. The topological polar surface area (TPSA) is 122 Å². The summed E-state index contributed by atoms with van der Waals surface area (Å²) in [4.78, 5) is 32.2. The van der Waals surface area contributed by atoms with Crippen molar-refractivity contribution in [3.63, 3.8) is 0 Å². The first-order valence-electron chi connectivity index (χ1n) is 6.73. The van der Waals surface area contributed by atoms with Crippen molar-refractivity contribution in [2.75, 3.05) is 0 Å². The number of nitro groups is 2. The number of benzene rings is 2. The number of hydrogen-bond acceptors (Lipinski definition) is 7. The Kier molecular flexibility index (Phi) is 5.40. The minimum Gasteiger partial charge on any atom is -0.361 e. The molecule has 0 radical (unpaired) electrons. The summed E-state index contributed by atoms with van der Waals surface area (Å²) in [5, 5.41) is 22.1. The molecule has 0 heterocycles. The molecule has 0 fully saturated rings. The Bertz CT molecular complexity index is 660. The van der Waals surface area contributed by atoms with Crippen LogP contribution in [-0.2, 0) is 9.47 Å². The SMILES string of the molecule is O=C(OC(c1ccccc1)[N+](=O)[O-])OC(c1ccccc1)[N+](=O)[O-]. The van der Waals surface area contributed by atoms with E-state index in [0.717, 1.165) is 0 Å². The van der Waals surface area contributed by atoms with Crippen LogP contribution in [0.25, 0.3) is 0 Å². The number of nitrogens with zero attached hydrogens (tertiary/aromatic N) is 2. The molecule has 0 spiro atoms. The monoisotopic (exact) mass is 332 g/mol. The number of carbonyl (C=O) groups is 1. The van der Waals surface area contributed by atoms with Crippen molar-refractivity contribution >= 4 is 6.16 Å². The number of carbonyl (C=O) groups excluding carboxylic acids is 1. The molecule has 2 rings (SSSR count).